The van der Waals surface area contributed by atoms with Gasteiger partial charge in [0.05, 0.1) is 29.5 Å². The lowest BCUT2D eigenvalue weighted by Crippen LogP contribution is -2.47. The highest BCUT2D eigenvalue weighted by molar-refractivity contribution is 6.62. The Balaban J connectivity index is 1.83. The van der Waals surface area contributed by atoms with Crippen molar-refractivity contribution in [2.75, 3.05) is 13.2 Å². The first-order valence-corrected chi connectivity index (χ1v) is 8.90. The smallest absolute Gasteiger partial charge is 0.399 e. The Morgan fingerprint density at radius 3 is 2.21 bits per heavy atom. The molecule has 0 amide bonds. The minimum Gasteiger partial charge on any atom is -0.399 e. The number of benzene rings is 1. The summed E-state index contributed by atoms with van der Waals surface area (Å²) in [7, 11) is -0.409. The molecule has 132 valence electrons. The van der Waals surface area contributed by atoms with Crippen LogP contribution in [0.25, 0.3) is 0 Å². The summed E-state index contributed by atoms with van der Waals surface area (Å²) >= 11 is 6.37. The first kappa shape index (κ1) is 18.2. The highest BCUT2D eigenvalue weighted by Gasteiger charge is 2.51. The van der Waals surface area contributed by atoms with Crippen LogP contribution in [0.4, 0.5) is 0 Å². The Morgan fingerprint density at radius 2 is 1.67 bits per heavy atom. The van der Waals surface area contributed by atoms with Gasteiger partial charge < -0.3 is 19.4 Å². The number of morpholine rings is 1. The van der Waals surface area contributed by atoms with E-state index in [4.69, 9.17) is 25.6 Å². The molecule has 24 heavy (non-hydrogen) atoms. The van der Waals surface area contributed by atoms with E-state index in [1.165, 1.54) is 0 Å². The molecule has 3 rings (SSSR count). The zero-order valence-corrected chi connectivity index (χ0v) is 16.2. The minimum absolute atomic E-state index is 0.123. The number of hydrogen-bond acceptors (Lipinski definition) is 4. The van der Waals surface area contributed by atoms with Crippen LogP contribution in [0.3, 0.4) is 0 Å². The SMILES string of the molecule is CC1(C)CNC(c2cc(Cl)cc(B3OC(C)(C)C(C)(C)O3)c2)CO1. The van der Waals surface area contributed by atoms with Gasteiger partial charge in [-0.05, 0) is 64.7 Å². The number of ether oxygens (including phenoxy) is 1. The molecule has 0 saturated carbocycles. The Morgan fingerprint density at radius 1 is 1.04 bits per heavy atom. The Bertz CT molecular complexity index is 607. The Hall–Kier alpha value is -0.585. The lowest BCUT2D eigenvalue weighted by Gasteiger charge is -2.36. The normalized spacial score (nSPS) is 28.1. The minimum atomic E-state index is -0.409. The van der Waals surface area contributed by atoms with Crippen LogP contribution in [0, 0.1) is 0 Å². The standard InChI is InChI=1S/C18H27BClNO3/c1-16(2)11-21-15(10-22-16)12-7-13(9-14(20)8-12)19-23-17(3,4)18(5,6)24-19/h7-9,15,21H,10-11H2,1-6H3. The second kappa shape index (κ2) is 5.99. The van der Waals surface area contributed by atoms with E-state index in [2.05, 4.69) is 52.9 Å². The molecule has 4 nitrogen and oxygen atoms in total. The summed E-state index contributed by atoms with van der Waals surface area (Å²) < 4.78 is 18.2. The largest absolute Gasteiger partial charge is 0.494 e. The van der Waals surface area contributed by atoms with Gasteiger partial charge in [0.25, 0.3) is 0 Å². The van der Waals surface area contributed by atoms with Crippen molar-refractivity contribution < 1.29 is 14.0 Å². The van der Waals surface area contributed by atoms with Gasteiger partial charge in [-0.15, -0.1) is 0 Å². The van der Waals surface area contributed by atoms with Crippen molar-refractivity contribution >= 4 is 24.2 Å². The van der Waals surface area contributed by atoms with E-state index in [0.717, 1.165) is 17.6 Å². The van der Waals surface area contributed by atoms with Crippen LogP contribution in [0.15, 0.2) is 18.2 Å². The second-order valence-corrected chi connectivity index (χ2v) is 8.85. The maximum absolute atomic E-state index is 6.37. The third-order valence-corrected chi connectivity index (χ3v) is 5.50. The molecular weight excluding hydrogens is 324 g/mol. The second-order valence-electron chi connectivity index (χ2n) is 8.41. The lowest BCUT2D eigenvalue weighted by atomic mass is 9.78. The summed E-state index contributed by atoms with van der Waals surface area (Å²) in [6, 6.07) is 6.13. The van der Waals surface area contributed by atoms with Gasteiger partial charge in [-0.3, -0.25) is 0 Å². The van der Waals surface area contributed by atoms with Crippen molar-refractivity contribution in [3.8, 4) is 0 Å². The fourth-order valence-electron chi connectivity index (χ4n) is 2.95. The van der Waals surface area contributed by atoms with Gasteiger partial charge in [0.15, 0.2) is 0 Å². The van der Waals surface area contributed by atoms with E-state index in [0.29, 0.717) is 11.6 Å². The van der Waals surface area contributed by atoms with Crippen molar-refractivity contribution in [2.45, 2.75) is 64.4 Å². The molecule has 1 unspecified atom stereocenters. The average molecular weight is 352 g/mol. The molecule has 2 aliphatic rings. The van der Waals surface area contributed by atoms with Gasteiger partial charge >= 0.3 is 7.12 Å². The predicted octanol–water partition coefficient (Wildman–Crippen LogP) is 3.08. The van der Waals surface area contributed by atoms with Gasteiger partial charge in [-0.25, -0.2) is 0 Å². The number of rotatable bonds is 2. The number of nitrogens with one attached hydrogen (secondary N) is 1. The molecule has 0 bridgehead atoms. The first-order valence-electron chi connectivity index (χ1n) is 8.52. The van der Waals surface area contributed by atoms with Crippen LogP contribution in [0.2, 0.25) is 5.02 Å². The lowest BCUT2D eigenvalue weighted by molar-refractivity contribution is -0.0586. The number of hydrogen-bond donors (Lipinski definition) is 1. The van der Waals surface area contributed by atoms with E-state index in [-0.39, 0.29) is 22.8 Å². The molecule has 1 aromatic carbocycles. The van der Waals surface area contributed by atoms with Gasteiger partial charge in [-0.2, -0.15) is 0 Å². The molecule has 1 aromatic rings. The monoisotopic (exact) mass is 351 g/mol. The Kier molecular flexibility index (Phi) is 4.55. The van der Waals surface area contributed by atoms with Crippen LogP contribution in [0.5, 0.6) is 0 Å². The maximum Gasteiger partial charge on any atom is 0.494 e. The van der Waals surface area contributed by atoms with Crippen molar-refractivity contribution in [1.29, 1.82) is 0 Å². The molecule has 6 heteroatoms. The first-order chi connectivity index (χ1) is 11.0. The molecule has 1 N–H and O–H groups in total. The topological polar surface area (TPSA) is 39.7 Å². The summed E-state index contributed by atoms with van der Waals surface area (Å²) in [5.41, 5.74) is 1.18. The zero-order chi connectivity index (χ0) is 17.8. The van der Waals surface area contributed by atoms with Crippen molar-refractivity contribution in [1.82, 2.24) is 5.32 Å². The molecule has 0 spiro atoms. The fraction of sp³-hybridized carbons (Fsp3) is 0.667. The summed E-state index contributed by atoms with van der Waals surface area (Å²) in [6.07, 6.45) is 0. The summed E-state index contributed by atoms with van der Waals surface area (Å²) in [4.78, 5) is 0. The third-order valence-electron chi connectivity index (χ3n) is 5.29. The molecule has 2 saturated heterocycles. The van der Waals surface area contributed by atoms with Crippen molar-refractivity contribution in [3.05, 3.63) is 28.8 Å². The maximum atomic E-state index is 6.37. The number of halogens is 1. The van der Waals surface area contributed by atoms with Crippen LogP contribution < -0.4 is 10.8 Å². The highest BCUT2D eigenvalue weighted by atomic mass is 35.5. The fourth-order valence-corrected chi connectivity index (χ4v) is 3.21. The van der Waals surface area contributed by atoms with Gasteiger partial charge in [-0.1, -0.05) is 17.7 Å². The third kappa shape index (κ3) is 3.51. The van der Waals surface area contributed by atoms with E-state index in [1.807, 2.05) is 12.1 Å². The van der Waals surface area contributed by atoms with Crippen LogP contribution in [0.1, 0.15) is 53.1 Å². The molecular formula is C18H27BClNO3. The predicted molar refractivity (Wildman–Crippen MR) is 97.9 cm³/mol. The van der Waals surface area contributed by atoms with Gasteiger partial charge in [0, 0.05) is 11.6 Å². The van der Waals surface area contributed by atoms with Gasteiger partial charge in [0.2, 0.25) is 0 Å². The molecule has 2 aliphatic heterocycles. The highest BCUT2D eigenvalue weighted by Crippen LogP contribution is 2.37. The summed E-state index contributed by atoms with van der Waals surface area (Å²) in [6.45, 7) is 13.8. The van der Waals surface area contributed by atoms with Crippen molar-refractivity contribution in [2.24, 2.45) is 0 Å². The van der Waals surface area contributed by atoms with E-state index < -0.39 is 7.12 Å². The van der Waals surface area contributed by atoms with E-state index in [9.17, 15) is 0 Å². The molecule has 2 fully saturated rings. The van der Waals surface area contributed by atoms with Crippen LogP contribution in [-0.4, -0.2) is 37.1 Å². The molecule has 0 radical (unpaired) electrons. The summed E-state index contributed by atoms with van der Waals surface area (Å²) in [5, 5.41) is 4.22. The van der Waals surface area contributed by atoms with Crippen LogP contribution >= 0.6 is 11.6 Å². The van der Waals surface area contributed by atoms with E-state index in [1.54, 1.807) is 0 Å². The van der Waals surface area contributed by atoms with Crippen LogP contribution in [-0.2, 0) is 14.0 Å². The zero-order valence-electron chi connectivity index (χ0n) is 15.4. The summed E-state index contributed by atoms with van der Waals surface area (Å²) in [5.74, 6) is 0. The molecule has 2 heterocycles. The van der Waals surface area contributed by atoms with E-state index >= 15 is 0 Å². The quantitative estimate of drug-likeness (QED) is 0.831. The Labute approximate surface area is 150 Å². The molecule has 0 aromatic heterocycles. The average Bonchev–Trinajstić information content (AvgIpc) is 2.67. The molecule has 1 atom stereocenters. The van der Waals surface area contributed by atoms with Crippen molar-refractivity contribution in [3.63, 3.8) is 0 Å². The molecule has 0 aliphatic carbocycles. The van der Waals surface area contributed by atoms with Gasteiger partial charge in [0.1, 0.15) is 0 Å².